The number of para-hydroxylation sites is 1. The van der Waals surface area contributed by atoms with Crippen LogP contribution in [-0.2, 0) is 6.61 Å². The van der Waals surface area contributed by atoms with Crippen LogP contribution in [0.5, 0.6) is 11.5 Å². The monoisotopic (exact) mass is 430 g/mol. The SMILES string of the molecule is COc1ccccc1-c1cc(OCc2ncon2)cc2c(N3CCN(C)CC3)cccc12. The second kappa shape index (κ2) is 8.88. The van der Waals surface area contributed by atoms with Crippen molar-refractivity contribution in [2.24, 2.45) is 0 Å². The Morgan fingerprint density at radius 1 is 0.938 bits per heavy atom. The molecule has 0 radical (unpaired) electrons. The molecule has 32 heavy (non-hydrogen) atoms. The molecule has 0 aliphatic carbocycles. The molecule has 3 aromatic carbocycles. The number of hydrogen-bond acceptors (Lipinski definition) is 7. The maximum absolute atomic E-state index is 6.10. The topological polar surface area (TPSA) is 63.9 Å². The molecule has 7 nitrogen and oxygen atoms in total. The van der Waals surface area contributed by atoms with Crippen LogP contribution in [0.4, 0.5) is 5.69 Å². The molecule has 0 spiro atoms. The maximum Gasteiger partial charge on any atom is 0.213 e. The van der Waals surface area contributed by atoms with E-state index >= 15 is 0 Å². The molecule has 0 atom stereocenters. The van der Waals surface area contributed by atoms with E-state index in [-0.39, 0.29) is 6.61 Å². The van der Waals surface area contributed by atoms with Crippen LogP contribution in [0.3, 0.4) is 0 Å². The van der Waals surface area contributed by atoms with Gasteiger partial charge in [-0.25, -0.2) is 0 Å². The van der Waals surface area contributed by atoms with Gasteiger partial charge in [0.05, 0.1) is 7.11 Å². The zero-order valence-corrected chi connectivity index (χ0v) is 18.3. The molecule has 2 heterocycles. The van der Waals surface area contributed by atoms with Gasteiger partial charge in [0.15, 0.2) is 6.61 Å². The Morgan fingerprint density at radius 2 is 1.78 bits per heavy atom. The van der Waals surface area contributed by atoms with Crippen LogP contribution < -0.4 is 14.4 Å². The highest BCUT2D eigenvalue weighted by Gasteiger charge is 2.19. The van der Waals surface area contributed by atoms with Crippen molar-refractivity contribution in [1.82, 2.24) is 15.0 Å². The summed E-state index contributed by atoms with van der Waals surface area (Å²) in [6, 6.07) is 18.8. The van der Waals surface area contributed by atoms with Crippen molar-refractivity contribution in [3.8, 4) is 22.6 Å². The Balaban J connectivity index is 1.64. The molecule has 4 aromatic rings. The molecular formula is C25H26N4O3. The van der Waals surface area contributed by atoms with Crippen LogP contribution in [0.1, 0.15) is 5.82 Å². The molecule has 1 aliphatic rings. The fourth-order valence-electron chi connectivity index (χ4n) is 4.24. The Kier molecular flexibility index (Phi) is 5.64. The van der Waals surface area contributed by atoms with Gasteiger partial charge >= 0.3 is 0 Å². The minimum absolute atomic E-state index is 0.240. The standard InChI is InChI=1S/C25H26N4O3/c1-28-10-12-29(13-11-28)23-8-5-7-19-21(20-6-3-4-9-24(20)30-2)14-18(15-22(19)23)31-16-25-26-17-32-27-25/h3-9,14-15,17H,10-13,16H2,1-2H3. The molecule has 5 rings (SSSR count). The van der Waals surface area contributed by atoms with Crippen LogP contribution in [0.15, 0.2) is 65.5 Å². The molecular weight excluding hydrogens is 404 g/mol. The summed E-state index contributed by atoms with van der Waals surface area (Å²) in [5, 5.41) is 6.18. The summed E-state index contributed by atoms with van der Waals surface area (Å²) in [4.78, 5) is 8.88. The predicted octanol–water partition coefficient (Wildman–Crippen LogP) is 4.23. The van der Waals surface area contributed by atoms with Crippen LogP contribution >= 0.6 is 0 Å². The largest absolute Gasteiger partial charge is 0.496 e. The third-order valence-corrected chi connectivity index (χ3v) is 5.96. The average Bonchev–Trinajstić information content (AvgIpc) is 3.36. The normalized spacial score (nSPS) is 14.6. The molecule has 1 aliphatic heterocycles. The summed E-state index contributed by atoms with van der Waals surface area (Å²) in [5.41, 5.74) is 3.32. The number of rotatable bonds is 6. The minimum atomic E-state index is 0.240. The first-order valence-corrected chi connectivity index (χ1v) is 10.7. The van der Waals surface area contributed by atoms with Gasteiger partial charge in [-0.15, -0.1) is 0 Å². The number of methoxy groups -OCH3 is 1. The number of nitrogens with zero attached hydrogens (tertiary/aromatic N) is 4. The second-order valence-corrected chi connectivity index (χ2v) is 7.97. The molecule has 0 N–H and O–H groups in total. The van der Waals surface area contributed by atoms with Crippen LogP contribution in [0, 0.1) is 0 Å². The number of fused-ring (bicyclic) bond motifs is 1. The van der Waals surface area contributed by atoms with E-state index in [1.807, 2.05) is 18.2 Å². The zero-order valence-electron chi connectivity index (χ0n) is 18.3. The summed E-state index contributed by atoms with van der Waals surface area (Å²) >= 11 is 0. The van der Waals surface area contributed by atoms with Gasteiger partial charge in [-0.2, -0.15) is 4.98 Å². The summed E-state index contributed by atoms with van der Waals surface area (Å²) in [7, 11) is 3.87. The molecule has 0 saturated carbocycles. The Hall–Kier alpha value is -3.58. The molecule has 1 saturated heterocycles. The predicted molar refractivity (Wildman–Crippen MR) is 124 cm³/mol. The lowest BCUT2D eigenvalue weighted by molar-refractivity contribution is 0.287. The van der Waals surface area contributed by atoms with Gasteiger partial charge in [0.1, 0.15) is 11.5 Å². The van der Waals surface area contributed by atoms with Crippen LogP contribution in [0.2, 0.25) is 0 Å². The van der Waals surface area contributed by atoms with Gasteiger partial charge in [0.2, 0.25) is 12.2 Å². The first-order valence-electron chi connectivity index (χ1n) is 10.7. The number of hydrogen-bond donors (Lipinski definition) is 0. The van der Waals surface area contributed by atoms with Gasteiger partial charge < -0.3 is 23.8 Å². The number of likely N-dealkylation sites (N-methyl/N-ethyl adjacent to an activating group) is 1. The molecule has 7 heteroatoms. The molecule has 0 bridgehead atoms. The lowest BCUT2D eigenvalue weighted by Crippen LogP contribution is -2.44. The highest BCUT2D eigenvalue weighted by atomic mass is 16.5. The van der Waals surface area contributed by atoms with E-state index in [1.165, 1.54) is 12.1 Å². The third-order valence-electron chi connectivity index (χ3n) is 5.96. The van der Waals surface area contributed by atoms with Crippen molar-refractivity contribution in [3.63, 3.8) is 0 Å². The van der Waals surface area contributed by atoms with E-state index in [9.17, 15) is 0 Å². The number of piperazine rings is 1. The quantitative estimate of drug-likeness (QED) is 0.454. The van der Waals surface area contributed by atoms with Gasteiger partial charge in [-0.05, 0) is 42.3 Å². The van der Waals surface area contributed by atoms with E-state index < -0.39 is 0 Å². The Labute approximate surface area is 187 Å². The zero-order chi connectivity index (χ0) is 21.9. The van der Waals surface area contributed by atoms with Crippen molar-refractivity contribution in [1.29, 1.82) is 0 Å². The van der Waals surface area contributed by atoms with E-state index in [1.54, 1.807) is 7.11 Å². The van der Waals surface area contributed by atoms with E-state index in [2.05, 4.69) is 63.4 Å². The molecule has 164 valence electrons. The first kappa shape index (κ1) is 20.3. The number of anilines is 1. The Bertz CT molecular complexity index is 1200. The van der Waals surface area contributed by atoms with Crippen molar-refractivity contribution in [2.45, 2.75) is 6.61 Å². The van der Waals surface area contributed by atoms with Crippen LogP contribution in [0.25, 0.3) is 21.9 Å². The van der Waals surface area contributed by atoms with E-state index in [0.29, 0.717) is 5.82 Å². The lowest BCUT2D eigenvalue weighted by atomic mass is 9.95. The number of benzene rings is 3. The third kappa shape index (κ3) is 3.99. The fraction of sp³-hybridized carbons (Fsp3) is 0.280. The maximum atomic E-state index is 6.10. The second-order valence-electron chi connectivity index (χ2n) is 7.97. The summed E-state index contributed by atoms with van der Waals surface area (Å²) in [6.07, 6.45) is 1.31. The lowest BCUT2D eigenvalue weighted by Gasteiger charge is -2.35. The first-order chi connectivity index (χ1) is 15.7. The highest BCUT2D eigenvalue weighted by Crippen LogP contribution is 2.41. The molecule has 1 fully saturated rings. The smallest absolute Gasteiger partial charge is 0.213 e. The summed E-state index contributed by atoms with van der Waals surface area (Å²) in [5.74, 6) is 2.09. The average molecular weight is 431 g/mol. The van der Waals surface area contributed by atoms with Gasteiger partial charge in [-0.3, -0.25) is 0 Å². The highest BCUT2D eigenvalue weighted by molar-refractivity contribution is 6.05. The van der Waals surface area contributed by atoms with Crippen molar-refractivity contribution < 1.29 is 14.0 Å². The fourth-order valence-corrected chi connectivity index (χ4v) is 4.24. The molecule has 1 aromatic heterocycles. The molecule has 0 unspecified atom stereocenters. The van der Waals surface area contributed by atoms with Crippen molar-refractivity contribution >= 4 is 16.5 Å². The summed E-state index contributed by atoms with van der Waals surface area (Å²) in [6.45, 7) is 4.32. The van der Waals surface area contributed by atoms with E-state index in [0.717, 1.165) is 59.6 Å². The van der Waals surface area contributed by atoms with Crippen molar-refractivity contribution in [2.75, 3.05) is 45.2 Å². The number of ether oxygens (including phenoxy) is 2. The Morgan fingerprint density at radius 3 is 2.56 bits per heavy atom. The minimum Gasteiger partial charge on any atom is -0.496 e. The van der Waals surface area contributed by atoms with Gasteiger partial charge in [-0.1, -0.05) is 35.5 Å². The van der Waals surface area contributed by atoms with Crippen LogP contribution in [-0.4, -0.2) is 55.4 Å². The van der Waals surface area contributed by atoms with Gasteiger partial charge in [0.25, 0.3) is 0 Å². The molecule has 0 amide bonds. The summed E-state index contributed by atoms with van der Waals surface area (Å²) < 4.78 is 16.6. The van der Waals surface area contributed by atoms with E-state index in [4.69, 9.17) is 14.0 Å². The van der Waals surface area contributed by atoms with Crippen molar-refractivity contribution in [3.05, 3.63) is 66.8 Å². The van der Waals surface area contributed by atoms with Gasteiger partial charge in [0, 0.05) is 42.8 Å². The number of aromatic nitrogens is 2.